The number of anilines is 2. The maximum absolute atomic E-state index is 3.49. The maximum atomic E-state index is 3.49. The minimum Gasteiger partial charge on any atom is -0.356 e. The number of hydrogen-bond acceptors (Lipinski definition) is 2. The molecule has 4 bridgehead atoms. The van der Waals surface area contributed by atoms with Crippen molar-refractivity contribution in [3.05, 3.63) is 54.1 Å². The van der Waals surface area contributed by atoms with Crippen LogP contribution in [0.15, 0.2) is 53.4 Å². The molecule has 2 heteroatoms. The topological polar surface area (TPSA) is 12.0 Å². The number of rotatable bonds is 0. The summed E-state index contributed by atoms with van der Waals surface area (Å²) in [6.45, 7) is 0. The van der Waals surface area contributed by atoms with Crippen LogP contribution in [0.25, 0.3) is 0 Å². The first-order valence-corrected chi connectivity index (χ1v) is 9.97. The molecular formula is C21H27NS. The van der Waals surface area contributed by atoms with Crippen LogP contribution >= 0.6 is 11.8 Å². The molecular weight excluding hydrogens is 298 g/mol. The number of hydrogen-bond donors (Lipinski definition) is 1. The minimum atomic E-state index is 1.17. The molecule has 0 radical (unpaired) electrons. The normalized spacial score (nSPS) is 17.0. The Morgan fingerprint density at radius 3 is 1.87 bits per heavy atom. The van der Waals surface area contributed by atoms with Crippen LogP contribution in [0.3, 0.4) is 0 Å². The van der Waals surface area contributed by atoms with Crippen molar-refractivity contribution in [3.63, 3.8) is 0 Å². The van der Waals surface area contributed by atoms with E-state index in [1.54, 1.807) is 0 Å². The van der Waals surface area contributed by atoms with E-state index >= 15 is 0 Å². The van der Waals surface area contributed by atoms with Gasteiger partial charge in [-0.3, -0.25) is 0 Å². The molecule has 0 fully saturated rings. The quantitative estimate of drug-likeness (QED) is 0.571. The van der Waals surface area contributed by atoms with E-state index in [2.05, 4.69) is 53.8 Å². The molecule has 0 saturated carbocycles. The van der Waals surface area contributed by atoms with Crippen molar-refractivity contribution in [3.8, 4) is 0 Å². The van der Waals surface area contributed by atoms with E-state index in [9.17, 15) is 0 Å². The van der Waals surface area contributed by atoms with Crippen LogP contribution in [0.4, 0.5) is 11.4 Å². The van der Waals surface area contributed by atoms with Crippen molar-refractivity contribution >= 4 is 23.1 Å². The average Bonchev–Trinajstić information content (AvgIpc) is 2.59. The molecule has 3 heterocycles. The molecule has 0 amide bonds. The van der Waals surface area contributed by atoms with Crippen LogP contribution < -0.4 is 5.32 Å². The Hall–Kier alpha value is -1.41. The van der Waals surface area contributed by atoms with Crippen LogP contribution in [0.2, 0.25) is 0 Å². The van der Waals surface area contributed by atoms with E-state index in [4.69, 9.17) is 0 Å². The van der Waals surface area contributed by atoms with Crippen LogP contribution in [-0.4, -0.2) is 5.75 Å². The zero-order valence-corrected chi connectivity index (χ0v) is 14.7. The fraction of sp³-hybridized carbons (Fsp3) is 0.429. The lowest BCUT2D eigenvalue weighted by molar-refractivity contribution is 0.590. The van der Waals surface area contributed by atoms with Gasteiger partial charge in [-0.05, 0) is 67.0 Å². The number of benzene rings is 2. The third-order valence-corrected chi connectivity index (χ3v) is 5.57. The summed E-state index contributed by atoms with van der Waals surface area (Å²) >= 11 is 1.98. The summed E-state index contributed by atoms with van der Waals surface area (Å²) in [7, 11) is 0. The highest BCUT2D eigenvalue weighted by Gasteiger charge is 2.00. The van der Waals surface area contributed by atoms with Crippen LogP contribution in [0, 0.1) is 0 Å². The number of aryl methyl sites for hydroxylation is 1. The van der Waals surface area contributed by atoms with Gasteiger partial charge in [-0.15, -0.1) is 11.8 Å². The van der Waals surface area contributed by atoms with E-state index in [0.29, 0.717) is 0 Å². The molecule has 0 aromatic heterocycles. The first kappa shape index (κ1) is 16.4. The standard InChI is InChI=1S/C21H27NS/c1-2-4-6-8-18-9-11-19(12-10-18)22-20-13-15-21(16-14-20)23-17-7-5-3-1/h9-16,22H,1-8,17H2. The largest absolute Gasteiger partial charge is 0.356 e. The van der Waals surface area contributed by atoms with Gasteiger partial charge in [0.2, 0.25) is 0 Å². The van der Waals surface area contributed by atoms with Crippen molar-refractivity contribution in [2.45, 2.75) is 56.3 Å². The Morgan fingerprint density at radius 2 is 1.17 bits per heavy atom. The van der Waals surface area contributed by atoms with Gasteiger partial charge in [0.05, 0.1) is 0 Å². The molecule has 2 aromatic rings. The smallest absolute Gasteiger partial charge is 0.0385 e. The highest BCUT2D eigenvalue weighted by atomic mass is 32.2. The Morgan fingerprint density at radius 1 is 0.609 bits per heavy atom. The summed E-state index contributed by atoms with van der Waals surface area (Å²) in [6, 6.07) is 17.8. The third-order valence-electron chi connectivity index (χ3n) is 4.48. The van der Waals surface area contributed by atoms with Crippen LogP contribution in [-0.2, 0) is 6.42 Å². The average molecular weight is 326 g/mol. The van der Waals surface area contributed by atoms with Gasteiger partial charge >= 0.3 is 0 Å². The first-order valence-electron chi connectivity index (χ1n) is 8.99. The maximum Gasteiger partial charge on any atom is 0.0385 e. The molecule has 23 heavy (non-hydrogen) atoms. The molecule has 5 rings (SSSR count). The second kappa shape index (κ2) is 9.02. The summed E-state index contributed by atoms with van der Waals surface area (Å²) in [5, 5.41) is 3.49. The summed E-state index contributed by atoms with van der Waals surface area (Å²) in [5.41, 5.74) is 3.80. The second-order valence-corrected chi connectivity index (χ2v) is 7.59. The van der Waals surface area contributed by atoms with Crippen molar-refractivity contribution in [2.24, 2.45) is 0 Å². The molecule has 3 aliphatic heterocycles. The summed E-state index contributed by atoms with van der Waals surface area (Å²) < 4.78 is 0. The van der Waals surface area contributed by atoms with Gasteiger partial charge in [-0.1, -0.05) is 44.2 Å². The van der Waals surface area contributed by atoms with E-state index in [1.807, 2.05) is 11.8 Å². The Labute approximate surface area is 144 Å². The van der Waals surface area contributed by atoms with E-state index in [1.165, 1.54) is 79.0 Å². The van der Waals surface area contributed by atoms with Crippen molar-refractivity contribution in [1.29, 1.82) is 0 Å². The molecule has 0 saturated heterocycles. The highest BCUT2D eigenvalue weighted by Crippen LogP contribution is 2.24. The fourth-order valence-corrected chi connectivity index (χ4v) is 3.97. The predicted octanol–water partition coefficient (Wildman–Crippen LogP) is 6.81. The third kappa shape index (κ3) is 5.62. The molecule has 1 N–H and O–H groups in total. The SMILES string of the molecule is c1cc2ccc1CCCCCCCCCSc1ccc(cc1)N2. The van der Waals surface area contributed by atoms with Gasteiger partial charge in [0.25, 0.3) is 0 Å². The van der Waals surface area contributed by atoms with Gasteiger partial charge in [0, 0.05) is 16.3 Å². The van der Waals surface area contributed by atoms with Crippen molar-refractivity contribution in [1.82, 2.24) is 0 Å². The Bertz CT molecular complexity index is 520. The summed E-state index contributed by atoms with van der Waals surface area (Å²) in [6.07, 6.45) is 10.8. The lowest BCUT2D eigenvalue weighted by Crippen LogP contribution is -1.91. The molecule has 1 nitrogen and oxygen atoms in total. The number of nitrogens with one attached hydrogen (secondary N) is 1. The fourth-order valence-electron chi connectivity index (χ4n) is 3.06. The minimum absolute atomic E-state index is 1.17. The molecule has 0 atom stereocenters. The summed E-state index contributed by atoms with van der Waals surface area (Å²) in [4.78, 5) is 1.38. The second-order valence-electron chi connectivity index (χ2n) is 6.42. The van der Waals surface area contributed by atoms with E-state index in [-0.39, 0.29) is 0 Å². The molecule has 0 spiro atoms. The van der Waals surface area contributed by atoms with Crippen molar-refractivity contribution < 1.29 is 0 Å². The lowest BCUT2D eigenvalue weighted by atomic mass is 10.0. The highest BCUT2D eigenvalue weighted by molar-refractivity contribution is 7.99. The molecule has 0 unspecified atom stereocenters. The number of fused-ring (bicyclic) bond motifs is 2. The molecule has 2 aromatic carbocycles. The number of thioether (sulfide) groups is 1. The Balaban J connectivity index is 1.67. The van der Waals surface area contributed by atoms with Gasteiger partial charge in [0.1, 0.15) is 0 Å². The van der Waals surface area contributed by atoms with Crippen LogP contribution in [0.1, 0.15) is 50.5 Å². The zero-order chi connectivity index (χ0) is 15.7. The predicted molar refractivity (Wildman–Crippen MR) is 103 cm³/mol. The van der Waals surface area contributed by atoms with Gasteiger partial charge in [-0.2, -0.15) is 0 Å². The van der Waals surface area contributed by atoms with E-state index < -0.39 is 0 Å². The van der Waals surface area contributed by atoms with Crippen LogP contribution in [0.5, 0.6) is 0 Å². The van der Waals surface area contributed by atoms with E-state index in [0.717, 1.165) is 0 Å². The molecule has 3 aliphatic rings. The zero-order valence-electron chi connectivity index (χ0n) is 13.9. The monoisotopic (exact) mass is 325 g/mol. The molecule has 0 aliphatic carbocycles. The van der Waals surface area contributed by atoms with Gasteiger partial charge < -0.3 is 5.32 Å². The Kier molecular flexibility index (Phi) is 6.45. The van der Waals surface area contributed by atoms with Crippen molar-refractivity contribution in [2.75, 3.05) is 11.1 Å². The summed E-state index contributed by atoms with van der Waals surface area (Å²) in [5.74, 6) is 1.24. The lowest BCUT2D eigenvalue weighted by Gasteiger charge is -2.08. The van der Waals surface area contributed by atoms with Gasteiger partial charge in [-0.25, -0.2) is 0 Å². The van der Waals surface area contributed by atoms with Gasteiger partial charge in [0.15, 0.2) is 0 Å². The first-order chi connectivity index (χ1) is 11.4. The molecule has 122 valence electrons.